The van der Waals surface area contributed by atoms with E-state index in [0.717, 1.165) is 79.8 Å². The highest BCUT2D eigenvalue weighted by atomic mass is 16.4. The summed E-state index contributed by atoms with van der Waals surface area (Å²) in [6.07, 6.45) is 13.6. The molecule has 0 saturated heterocycles. The Morgan fingerprint density at radius 2 is 1.07 bits per heavy atom. The maximum Gasteiger partial charge on any atom is 0.303 e. The SMILES string of the molecule is CC(=O)[C@H](Cc1c[nH]c2ccccc12)N[C@@H](CCC(=O)O)C(=O)C(=O)[C@H](Cc1ccc(O)cc1)NN.CC(C)=O.CC[C@@H](CC(C)C)C(=O)N[C@@](C)(CCC/C=C/CCCCCC[C@@](C)(N[C@@H](CC(C)C)C(=O)C(=O)[C@@H](NC(=O)[C@H](Cc1ccccc1)NN)[C@@H](C)O)C(C)=O)C(C)=O.CNC(C)(C)C(C)=O.CN[C@H](C)C(N)=O. The summed E-state index contributed by atoms with van der Waals surface area (Å²) in [6, 6.07) is 16.2. The molecule has 632 valence electrons. The summed E-state index contributed by atoms with van der Waals surface area (Å²) in [5.41, 5.74) is 10.6. The maximum absolute atomic E-state index is 13.8. The smallest absolute Gasteiger partial charge is 0.303 e. The minimum absolute atomic E-state index is 0.00225. The number of primary amides is 1. The number of aromatic amines is 1. The van der Waals surface area contributed by atoms with Crippen LogP contribution < -0.4 is 60.2 Å². The summed E-state index contributed by atoms with van der Waals surface area (Å²) in [4.78, 5) is 162. The average molecular weight is 1580 g/mol. The number of aliphatic hydroxyl groups excluding tert-OH is 1. The number of carboxylic acids is 1. The summed E-state index contributed by atoms with van der Waals surface area (Å²) in [5, 5.41) is 47.4. The van der Waals surface area contributed by atoms with Gasteiger partial charge in [0.05, 0.1) is 52.9 Å². The summed E-state index contributed by atoms with van der Waals surface area (Å²) in [5.74, 6) is 5.94. The number of aromatic hydroxyl groups is 1. The number of aliphatic hydroxyl groups is 1. The van der Waals surface area contributed by atoms with Crippen molar-refractivity contribution in [3.05, 3.63) is 114 Å². The molecule has 0 bridgehead atoms. The van der Waals surface area contributed by atoms with Crippen molar-refractivity contribution in [3.8, 4) is 5.75 Å². The molecule has 4 rings (SSSR count). The van der Waals surface area contributed by atoms with Crippen LogP contribution in [0.15, 0.2) is 97.2 Å². The molecule has 3 aromatic carbocycles. The summed E-state index contributed by atoms with van der Waals surface area (Å²) in [6.45, 7) is 29.4. The Kier molecular flexibility index (Phi) is 50.0. The Hall–Kier alpha value is -8.71. The predicted octanol–water partition coefficient (Wildman–Crippen LogP) is 7.68. The van der Waals surface area contributed by atoms with Gasteiger partial charge in [-0.15, -0.1) is 0 Å². The van der Waals surface area contributed by atoms with Crippen molar-refractivity contribution in [2.24, 2.45) is 35.2 Å². The van der Waals surface area contributed by atoms with Gasteiger partial charge in [-0.3, -0.25) is 79.9 Å². The Labute approximate surface area is 669 Å². The number of allylic oxidation sites excluding steroid dienone is 2. The fourth-order valence-electron chi connectivity index (χ4n) is 11.5. The van der Waals surface area contributed by atoms with Gasteiger partial charge in [0.1, 0.15) is 41.0 Å². The largest absolute Gasteiger partial charge is 0.508 e. The number of carboxylic acid groups (broad SMARTS) is 1. The summed E-state index contributed by atoms with van der Waals surface area (Å²) >= 11 is 0. The number of ketones is 9. The molecule has 0 aliphatic rings. The molecule has 11 atom stereocenters. The van der Waals surface area contributed by atoms with Crippen LogP contribution in [0, 0.1) is 17.8 Å². The van der Waals surface area contributed by atoms with E-state index >= 15 is 0 Å². The number of Topliss-reactive ketones (excluding diaryl/α,β-unsaturated/α-hetero) is 9. The van der Waals surface area contributed by atoms with Crippen molar-refractivity contribution in [2.75, 3.05) is 14.1 Å². The fraction of sp³-hybridized carbons (Fsp3) is 0.588. The fourth-order valence-corrected chi connectivity index (χ4v) is 11.5. The molecule has 0 spiro atoms. The molecule has 0 radical (unpaired) electrons. The number of carbonyl (C=O) groups excluding carboxylic acids is 12. The first-order chi connectivity index (χ1) is 52.8. The number of likely N-dealkylation sites (N-methyl/N-ethyl adjacent to an activating group) is 2. The van der Waals surface area contributed by atoms with Gasteiger partial charge in [-0.1, -0.05) is 127 Å². The van der Waals surface area contributed by atoms with Crippen LogP contribution in [0.2, 0.25) is 0 Å². The lowest BCUT2D eigenvalue weighted by molar-refractivity contribution is -0.142. The molecule has 28 heteroatoms. The molecule has 4 aromatic rings. The third-order valence-corrected chi connectivity index (χ3v) is 19.7. The van der Waals surface area contributed by atoms with Crippen LogP contribution in [0.5, 0.6) is 5.75 Å². The van der Waals surface area contributed by atoms with E-state index in [0.29, 0.717) is 24.3 Å². The van der Waals surface area contributed by atoms with E-state index in [2.05, 4.69) is 73.7 Å². The number of nitrogens with two attached hydrogens (primary N) is 3. The first kappa shape index (κ1) is 104. The van der Waals surface area contributed by atoms with Gasteiger partial charge in [0.25, 0.3) is 0 Å². The minimum atomic E-state index is -1.50. The van der Waals surface area contributed by atoms with E-state index in [1.165, 1.54) is 46.8 Å². The number of phenols is 1. The van der Waals surface area contributed by atoms with Crippen molar-refractivity contribution < 1.29 is 77.6 Å². The number of carbonyl (C=O) groups is 13. The molecule has 28 nitrogen and oxygen atoms in total. The average Bonchev–Trinajstić information content (AvgIpc) is 1.75. The molecule has 0 aliphatic heterocycles. The van der Waals surface area contributed by atoms with E-state index in [4.69, 9.17) is 17.4 Å². The third kappa shape index (κ3) is 40.7. The van der Waals surface area contributed by atoms with Crippen LogP contribution in [-0.2, 0) is 81.6 Å². The Balaban J connectivity index is 0.00000190. The summed E-state index contributed by atoms with van der Waals surface area (Å²) < 4.78 is 0. The lowest BCUT2D eigenvalue weighted by atomic mass is 9.86. The molecule has 3 amide bonds. The molecular formula is C85H136N12O16. The quantitative estimate of drug-likeness (QED) is 0.00662. The van der Waals surface area contributed by atoms with Gasteiger partial charge in [0.15, 0.2) is 5.78 Å². The molecule has 113 heavy (non-hydrogen) atoms. The number of unbranched alkanes of at least 4 members (excludes halogenated alkanes) is 5. The van der Waals surface area contributed by atoms with E-state index in [9.17, 15) is 77.6 Å². The number of rotatable bonds is 49. The molecule has 18 N–H and O–H groups in total. The predicted molar refractivity (Wildman–Crippen MR) is 443 cm³/mol. The molecule has 0 fully saturated rings. The van der Waals surface area contributed by atoms with Gasteiger partial charge in [-0.05, 0) is 227 Å². The van der Waals surface area contributed by atoms with E-state index in [1.807, 2.05) is 96.1 Å². The van der Waals surface area contributed by atoms with Crippen LogP contribution in [0.25, 0.3) is 10.9 Å². The van der Waals surface area contributed by atoms with Gasteiger partial charge < -0.3 is 52.1 Å². The second-order valence-corrected chi connectivity index (χ2v) is 31.0. The van der Waals surface area contributed by atoms with Crippen molar-refractivity contribution in [1.29, 1.82) is 0 Å². The molecule has 1 aromatic heterocycles. The zero-order chi connectivity index (χ0) is 86.5. The minimum Gasteiger partial charge on any atom is -0.508 e. The van der Waals surface area contributed by atoms with Crippen molar-refractivity contribution in [2.45, 2.75) is 292 Å². The monoisotopic (exact) mass is 1580 g/mol. The zero-order valence-electron chi connectivity index (χ0n) is 70.5. The van der Waals surface area contributed by atoms with Crippen LogP contribution in [0.1, 0.15) is 224 Å². The number of phenolic OH excluding ortho intramolecular Hbond substituents is 1. The second kappa shape index (κ2) is 54.1. The van der Waals surface area contributed by atoms with E-state index in [-0.39, 0.29) is 108 Å². The van der Waals surface area contributed by atoms with Crippen molar-refractivity contribution >= 4 is 86.6 Å². The number of hydrazine groups is 2. The normalized spacial score (nSPS) is 14.7. The molecule has 1 heterocycles. The first-order valence-electron chi connectivity index (χ1n) is 39.1. The van der Waals surface area contributed by atoms with Crippen LogP contribution in [-0.4, -0.2) is 175 Å². The lowest BCUT2D eigenvalue weighted by Crippen LogP contribution is -2.61. The van der Waals surface area contributed by atoms with Gasteiger partial charge >= 0.3 is 5.97 Å². The van der Waals surface area contributed by atoms with Gasteiger partial charge in [-0.25, -0.2) is 10.9 Å². The molecular weight excluding hydrogens is 1450 g/mol. The maximum atomic E-state index is 13.8. The Morgan fingerprint density at radius 1 is 0.566 bits per heavy atom. The topological polar surface area (TPSA) is 473 Å². The first-order valence-corrected chi connectivity index (χ1v) is 39.1. The molecule has 0 aliphatic carbocycles. The highest BCUT2D eigenvalue weighted by molar-refractivity contribution is 6.42. The number of nitrogens with one attached hydrogen (secondary N) is 9. The highest BCUT2D eigenvalue weighted by Crippen LogP contribution is 2.25. The van der Waals surface area contributed by atoms with Gasteiger partial charge in [0, 0.05) is 29.4 Å². The number of H-pyrrole nitrogens is 1. The number of hydrogen-bond acceptors (Lipinski definition) is 23. The van der Waals surface area contributed by atoms with Crippen LogP contribution >= 0.6 is 0 Å². The lowest BCUT2D eigenvalue weighted by Gasteiger charge is -2.34. The Bertz CT molecular complexity index is 3670. The van der Waals surface area contributed by atoms with Crippen LogP contribution in [0.3, 0.4) is 0 Å². The number of benzene rings is 3. The molecule has 0 saturated carbocycles. The number of aromatic nitrogens is 1. The second-order valence-electron chi connectivity index (χ2n) is 31.0. The number of fused-ring (bicyclic) bond motifs is 1. The number of para-hydroxylation sites is 1. The van der Waals surface area contributed by atoms with E-state index < -0.39 is 88.4 Å². The van der Waals surface area contributed by atoms with E-state index in [1.54, 1.807) is 60.1 Å². The summed E-state index contributed by atoms with van der Waals surface area (Å²) in [7, 11) is 3.47. The van der Waals surface area contributed by atoms with Gasteiger partial charge in [-0.2, -0.15) is 0 Å². The van der Waals surface area contributed by atoms with Crippen molar-refractivity contribution in [1.82, 2.24) is 47.7 Å². The number of amides is 3. The zero-order valence-corrected chi connectivity index (χ0v) is 70.5. The van der Waals surface area contributed by atoms with Crippen molar-refractivity contribution in [3.63, 3.8) is 0 Å². The van der Waals surface area contributed by atoms with Crippen LogP contribution in [0.4, 0.5) is 0 Å². The third-order valence-electron chi connectivity index (χ3n) is 19.7. The highest BCUT2D eigenvalue weighted by Gasteiger charge is 2.41. The molecule has 0 unspecified atom stereocenters. The van der Waals surface area contributed by atoms with Gasteiger partial charge in [0.2, 0.25) is 40.9 Å². The number of hydrogen-bond donors (Lipinski definition) is 15. The standard InChI is InChI=1S/C46H77N5O7.C26H30N4O6.C6H13NO.C4H10N2O.C3H6O/c1-11-37(28-31(2)3)43(57)50-46(10,35(8)54)27-23-18-16-14-12-13-15-17-22-26-45(9,34(7)53)49-38(29-32(4)5)41(55)42(56)40(33(6)52)48-44(58)39(51-47)30-36-24-20-19-21-25-36;1-15(31)22(13-17-14-28-20-5-3-2-4-19(17)20)29-21(10-11-24(33)34)25(35)26(36)23(30-27)12-16-6-8-18(32)9-7-16;1-5(8)6(2,3)7-4;1-3(6-2)4(5)7;1-3(2)4/h14,16,19-21,24-25,31-33,37-40,49,51-52H,11-13,15,17-18,22-23,26-30,47H2,1-10H3,(H,48,58)(H,50,57);2-9,14,21-23,28-30,32H,10-13,27H2,1H3,(H,33,34);7H,1-4H3;3,6H,1-2H3,(H2,5,7);1-2H3/b16-14+;;;;/t33-,37+,38+,39+,40+,45-,46+;21-,22-,23-;;3-;/m10.1./s1. The Morgan fingerprint density at radius 3 is 1.54 bits per heavy atom. The number of aliphatic carboxylic acids is 1.